The van der Waals surface area contributed by atoms with Crippen LogP contribution in [0.2, 0.25) is 5.02 Å². The third kappa shape index (κ3) is 2.52. The molecule has 74 valence electrons. The topological polar surface area (TPSA) is 44.5 Å². The lowest BCUT2D eigenvalue weighted by Gasteiger charge is -2.05. The monoisotopic (exact) mass is 215 g/mol. The summed E-state index contributed by atoms with van der Waals surface area (Å²) in [4.78, 5) is 9.24. The van der Waals surface area contributed by atoms with Crippen LogP contribution in [0, 0.1) is 18.2 Å². The van der Waals surface area contributed by atoms with Crippen LogP contribution < -0.4 is 10.6 Å². The van der Waals surface area contributed by atoms with E-state index in [1.807, 2.05) is 0 Å². The van der Waals surface area contributed by atoms with Crippen LogP contribution in [0.1, 0.15) is 0 Å². The van der Waals surface area contributed by atoms with Crippen LogP contribution in [-0.2, 0) is 4.89 Å². The van der Waals surface area contributed by atoms with E-state index < -0.39 is 5.82 Å². The first-order valence-corrected chi connectivity index (χ1v) is 4.00. The third-order valence-corrected chi connectivity index (χ3v) is 1.64. The molecular weight excluding hydrogens is 209 g/mol. The molecule has 0 heterocycles. The van der Waals surface area contributed by atoms with Crippen LogP contribution in [0.5, 0.6) is 5.75 Å². The highest BCUT2D eigenvalue weighted by Gasteiger charge is 2.07. The maximum absolute atomic E-state index is 12.8. The molecular formula is C9H7ClFNO2. The first-order valence-electron chi connectivity index (χ1n) is 3.62. The summed E-state index contributed by atoms with van der Waals surface area (Å²) in [6.07, 6.45) is 4.91. The molecule has 1 rings (SSSR count). The van der Waals surface area contributed by atoms with E-state index in [1.54, 1.807) is 0 Å². The molecule has 0 bridgehead atoms. The van der Waals surface area contributed by atoms with Gasteiger partial charge in [0.15, 0.2) is 12.4 Å². The minimum Gasteiger partial charge on any atom is -0.396 e. The van der Waals surface area contributed by atoms with Crippen molar-refractivity contribution in [2.75, 3.05) is 12.3 Å². The average molecular weight is 216 g/mol. The molecule has 1 aromatic carbocycles. The van der Waals surface area contributed by atoms with Gasteiger partial charge in [0.1, 0.15) is 5.82 Å². The normalized spacial score (nSPS) is 9.50. The number of benzene rings is 1. The maximum atomic E-state index is 12.8. The minimum absolute atomic E-state index is 0.0341. The fraction of sp³-hybridized carbons (Fsp3) is 0.111. The number of hydrogen-bond donors (Lipinski definition) is 1. The van der Waals surface area contributed by atoms with Gasteiger partial charge >= 0.3 is 0 Å². The minimum atomic E-state index is -0.612. The summed E-state index contributed by atoms with van der Waals surface area (Å²) in [5.74, 6) is 1.70. The van der Waals surface area contributed by atoms with Crippen LogP contribution in [0.25, 0.3) is 0 Å². The van der Waals surface area contributed by atoms with E-state index in [0.29, 0.717) is 0 Å². The van der Waals surface area contributed by atoms with E-state index >= 15 is 0 Å². The Morgan fingerprint density at radius 2 is 2.29 bits per heavy atom. The number of nitrogens with two attached hydrogens (primary N) is 1. The fourth-order valence-electron chi connectivity index (χ4n) is 0.736. The van der Waals surface area contributed by atoms with Gasteiger partial charge in [-0.2, -0.15) is 4.89 Å². The lowest BCUT2D eigenvalue weighted by molar-refractivity contribution is -0.193. The number of nitrogen functional groups attached to an aromatic ring is 1. The molecule has 14 heavy (non-hydrogen) atoms. The summed E-state index contributed by atoms with van der Waals surface area (Å²) < 4.78 is 12.8. The number of halogens is 2. The second-order valence-corrected chi connectivity index (χ2v) is 2.76. The molecule has 0 aliphatic heterocycles. The van der Waals surface area contributed by atoms with Crippen molar-refractivity contribution in [3.8, 4) is 18.1 Å². The first-order chi connectivity index (χ1) is 6.65. The number of anilines is 1. The van der Waals surface area contributed by atoms with Crippen molar-refractivity contribution in [3.63, 3.8) is 0 Å². The van der Waals surface area contributed by atoms with Crippen LogP contribution in [0.4, 0.5) is 10.1 Å². The van der Waals surface area contributed by atoms with Gasteiger partial charge in [-0.25, -0.2) is 4.39 Å². The predicted octanol–water partition coefficient (Wildman–Crippen LogP) is 2.00. The lowest BCUT2D eigenvalue weighted by Crippen LogP contribution is -1.99. The fourth-order valence-corrected chi connectivity index (χ4v) is 0.918. The second kappa shape index (κ2) is 4.70. The van der Waals surface area contributed by atoms with Crippen LogP contribution >= 0.6 is 11.6 Å². The number of hydrogen-bond acceptors (Lipinski definition) is 3. The summed E-state index contributed by atoms with van der Waals surface area (Å²) >= 11 is 5.63. The van der Waals surface area contributed by atoms with Gasteiger partial charge in [0.25, 0.3) is 0 Å². The largest absolute Gasteiger partial charge is 0.396 e. The van der Waals surface area contributed by atoms with E-state index in [1.165, 1.54) is 6.07 Å². The van der Waals surface area contributed by atoms with Gasteiger partial charge in [-0.3, -0.25) is 0 Å². The van der Waals surface area contributed by atoms with Gasteiger partial charge in [0.2, 0.25) is 0 Å². The summed E-state index contributed by atoms with van der Waals surface area (Å²) in [5.41, 5.74) is 5.21. The molecule has 0 radical (unpaired) electrons. The van der Waals surface area contributed by atoms with Gasteiger partial charge in [0.05, 0.1) is 10.7 Å². The van der Waals surface area contributed by atoms with Gasteiger partial charge in [-0.1, -0.05) is 17.5 Å². The highest BCUT2D eigenvalue weighted by Crippen LogP contribution is 2.28. The quantitative estimate of drug-likeness (QED) is 0.276. The molecule has 0 aliphatic carbocycles. The Morgan fingerprint density at radius 3 is 2.93 bits per heavy atom. The van der Waals surface area contributed by atoms with Crippen molar-refractivity contribution < 1.29 is 14.2 Å². The Hall–Kier alpha value is -1.44. The molecule has 2 N–H and O–H groups in total. The maximum Gasteiger partial charge on any atom is 0.186 e. The molecule has 0 fully saturated rings. The van der Waals surface area contributed by atoms with E-state index in [9.17, 15) is 4.39 Å². The zero-order chi connectivity index (χ0) is 10.6. The van der Waals surface area contributed by atoms with Gasteiger partial charge < -0.3 is 10.6 Å². The van der Waals surface area contributed by atoms with Gasteiger partial charge in [0, 0.05) is 6.07 Å². The standard InChI is InChI=1S/C9H7ClFNO2/c1-2-3-13-14-9-5-8(12)7(11)4-6(9)10/h1,4-5H,3,12H2. The molecule has 5 heteroatoms. The zero-order valence-corrected chi connectivity index (χ0v) is 7.84. The molecule has 0 aromatic heterocycles. The molecule has 0 spiro atoms. The average Bonchev–Trinajstić information content (AvgIpc) is 2.14. The number of terminal acetylenes is 1. The van der Waals surface area contributed by atoms with Crippen LogP contribution in [-0.4, -0.2) is 6.61 Å². The summed E-state index contributed by atoms with van der Waals surface area (Å²) in [6, 6.07) is 2.25. The lowest BCUT2D eigenvalue weighted by atomic mass is 10.3. The summed E-state index contributed by atoms with van der Waals surface area (Å²) in [6.45, 7) is -0.0341. The predicted molar refractivity (Wildman–Crippen MR) is 51.2 cm³/mol. The molecule has 3 nitrogen and oxygen atoms in total. The van der Waals surface area contributed by atoms with Crippen molar-refractivity contribution in [1.82, 2.24) is 0 Å². The Bertz CT molecular complexity index is 376. The molecule has 0 unspecified atom stereocenters. The zero-order valence-electron chi connectivity index (χ0n) is 7.09. The van der Waals surface area contributed by atoms with Crippen molar-refractivity contribution in [1.29, 1.82) is 0 Å². The van der Waals surface area contributed by atoms with Crippen LogP contribution in [0.3, 0.4) is 0 Å². The number of rotatable bonds is 3. The summed E-state index contributed by atoms with van der Waals surface area (Å²) in [5, 5.41) is 0.0636. The molecule has 1 aromatic rings. The van der Waals surface area contributed by atoms with Crippen molar-refractivity contribution in [3.05, 3.63) is 23.0 Å². The van der Waals surface area contributed by atoms with Crippen molar-refractivity contribution in [2.45, 2.75) is 0 Å². The second-order valence-electron chi connectivity index (χ2n) is 2.35. The van der Waals surface area contributed by atoms with E-state index in [2.05, 4.69) is 10.8 Å². The first kappa shape index (κ1) is 10.6. The molecule has 0 amide bonds. The third-order valence-electron chi connectivity index (χ3n) is 1.34. The Labute approximate surface area is 85.5 Å². The van der Waals surface area contributed by atoms with E-state index in [-0.39, 0.29) is 23.1 Å². The van der Waals surface area contributed by atoms with Crippen molar-refractivity contribution >= 4 is 17.3 Å². The molecule has 0 saturated carbocycles. The highest BCUT2D eigenvalue weighted by atomic mass is 35.5. The summed E-state index contributed by atoms with van der Waals surface area (Å²) in [7, 11) is 0. The Balaban J connectivity index is 2.78. The Kier molecular flexibility index (Phi) is 3.57. The van der Waals surface area contributed by atoms with Crippen molar-refractivity contribution in [2.24, 2.45) is 0 Å². The molecule has 0 saturated heterocycles. The highest BCUT2D eigenvalue weighted by molar-refractivity contribution is 6.32. The van der Waals surface area contributed by atoms with Gasteiger partial charge in [-0.15, -0.1) is 6.42 Å². The SMILES string of the molecule is C#CCOOc1cc(N)c(F)cc1Cl. The van der Waals surface area contributed by atoms with E-state index in [0.717, 1.165) is 6.07 Å². The molecule has 0 aliphatic rings. The van der Waals surface area contributed by atoms with Gasteiger partial charge in [-0.05, 0) is 6.07 Å². The smallest absolute Gasteiger partial charge is 0.186 e. The van der Waals surface area contributed by atoms with Crippen LogP contribution in [0.15, 0.2) is 12.1 Å². The van der Waals surface area contributed by atoms with E-state index in [4.69, 9.17) is 28.6 Å². The Morgan fingerprint density at radius 1 is 1.57 bits per heavy atom. The molecule has 0 atom stereocenters.